The van der Waals surface area contributed by atoms with Gasteiger partial charge < -0.3 is 9.52 Å². The Morgan fingerprint density at radius 2 is 1.78 bits per heavy atom. The molecule has 2 aromatic carbocycles. The van der Waals surface area contributed by atoms with E-state index < -0.39 is 0 Å². The van der Waals surface area contributed by atoms with E-state index >= 15 is 0 Å². The van der Waals surface area contributed by atoms with Crippen molar-refractivity contribution in [2.45, 2.75) is 13.3 Å². The van der Waals surface area contributed by atoms with E-state index in [1.807, 2.05) is 25.1 Å². The summed E-state index contributed by atoms with van der Waals surface area (Å²) in [7, 11) is 0. The molecule has 0 radical (unpaired) electrons. The summed E-state index contributed by atoms with van der Waals surface area (Å²) in [5.74, 6) is 0.589. The molecule has 0 aliphatic carbocycles. The number of carbonyl (C=O) groups excluding carboxylic acids is 1. The van der Waals surface area contributed by atoms with Gasteiger partial charge in [-0.1, -0.05) is 22.9 Å². The van der Waals surface area contributed by atoms with Crippen molar-refractivity contribution >= 4 is 64.5 Å². The van der Waals surface area contributed by atoms with Crippen molar-refractivity contribution in [3.63, 3.8) is 0 Å². The Kier molecular flexibility index (Phi) is 4.67. The fourth-order valence-electron chi connectivity index (χ4n) is 2.46. The maximum absolute atomic E-state index is 13.0. The maximum Gasteiger partial charge on any atom is 0.197 e. The number of carbonyl (C=O) groups is 1. The molecule has 6 heteroatoms. The molecule has 0 saturated carbocycles. The molecule has 0 saturated heterocycles. The highest BCUT2D eigenvalue weighted by Crippen LogP contribution is 2.36. The van der Waals surface area contributed by atoms with Crippen LogP contribution in [0.15, 0.2) is 48.2 Å². The molecule has 0 aliphatic heterocycles. The van der Waals surface area contributed by atoms with Crippen LogP contribution in [-0.4, -0.2) is 10.9 Å². The van der Waals surface area contributed by atoms with Gasteiger partial charge in [-0.15, -0.1) is 0 Å². The molecule has 0 bridgehead atoms. The lowest BCUT2D eigenvalue weighted by Gasteiger charge is -2.06. The van der Waals surface area contributed by atoms with E-state index in [9.17, 15) is 9.90 Å². The third kappa shape index (κ3) is 2.99. The van der Waals surface area contributed by atoms with Crippen molar-refractivity contribution in [2.75, 3.05) is 0 Å². The van der Waals surface area contributed by atoms with Gasteiger partial charge in [0.2, 0.25) is 0 Å². The molecule has 1 heterocycles. The van der Waals surface area contributed by atoms with Crippen LogP contribution in [0.4, 0.5) is 0 Å². The van der Waals surface area contributed by atoms with Crippen LogP contribution in [0.5, 0.6) is 5.75 Å². The number of phenolic OH excluding ortho intramolecular Hbond substituents is 1. The van der Waals surface area contributed by atoms with Crippen LogP contribution in [-0.2, 0) is 6.42 Å². The molecule has 0 atom stereocenters. The molecule has 3 aromatic rings. The average Bonchev–Trinajstić information content (AvgIpc) is 2.88. The summed E-state index contributed by atoms with van der Waals surface area (Å²) in [6, 6.07) is 8.84. The van der Waals surface area contributed by atoms with Gasteiger partial charge in [-0.25, -0.2) is 0 Å². The SMILES string of the molecule is CCc1oc2cc(Br)ccc2c1C(=O)c1cc(Br)c(O)c(Br)c1. The summed E-state index contributed by atoms with van der Waals surface area (Å²) in [6.07, 6.45) is 0.619. The number of benzene rings is 2. The standard InChI is InChI=1S/C17H11Br3O3/c1-2-13-15(10-4-3-9(18)7-14(10)23-13)16(21)8-5-11(19)17(22)12(20)6-8/h3-7,22H,2H2,1H3. The molecule has 0 amide bonds. The van der Waals surface area contributed by atoms with Gasteiger partial charge in [-0.3, -0.25) is 4.79 Å². The lowest BCUT2D eigenvalue weighted by Crippen LogP contribution is -2.03. The minimum atomic E-state index is -0.135. The van der Waals surface area contributed by atoms with Gasteiger partial charge in [0.25, 0.3) is 0 Å². The monoisotopic (exact) mass is 500 g/mol. The Morgan fingerprint density at radius 1 is 1.13 bits per heavy atom. The molecule has 3 nitrogen and oxygen atoms in total. The smallest absolute Gasteiger partial charge is 0.197 e. The molecule has 3 rings (SSSR count). The van der Waals surface area contributed by atoms with Gasteiger partial charge in [0.05, 0.1) is 14.5 Å². The quantitative estimate of drug-likeness (QED) is 0.433. The van der Waals surface area contributed by atoms with Crippen LogP contribution in [0.1, 0.15) is 28.6 Å². The van der Waals surface area contributed by atoms with Gasteiger partial charge >= 0.3 is 0 Å². The molecule has 0 fully saturated rings. The summed E-state index contributed by atoms with van der Waals surface area (Å²) in [5.41, 5.74) is 1.72. The second kappa shape index (κ2) is 6.42. The zero-order valence-electron chi connectivity index (χ0n) is 12.0. The van der Waals surface area contributed by atoms with Gasteiger partial charge in [0.15, 0.2) is 5.78 Å². The normalized spacial score (nSPS) is 11.1. The number of hydrogen-bond acceptors (Lipinski definition) is 3. The first-order valence-corrected chi connectivity index (χ1v) is 9.24. The number of aromatic hydroxyl groups is 1. The van der Waals surface area contributed by atoms with Crippen molar-refractivity contribution in [3.05, 3.63) is 60.6 Å². The number of phenols is 1. The molecule has 118 valence electrons. The fourth-order valence-corrected chi connectivity index (χ4v) is 3.99. The van der Waals surface area contributed by atoms with Gasteiger partial charge in [-0.2, -0.15) is 0 Å². The average molecular weight is 503 g/mol. The van der Waals surface area contributed by atoms with Crippen molar-refractivity contribution < 1.29 is 14.3 Å². The number of fused-ring (bicyclic) bond motifs is 1. The highest BCUT2D eigenvalue weighted by Gasteiger charge is 2.22. The Hall–Kier alpha value is -1.11. The first-order valence-electron chi connectivity index (χ1n) is 6.86. The minimum Gasteiger partial charge on any atom is -0.506 e. The number of rotatable bonds is 3. The van der Waals surface area contributed by atoms with Crippen molar-refractivity contribution in [1.82, 2.24) is 0 Å². The van der Waals surface area contributed by atoms with Crippen LogP contribution in [0.3, 0.4) is 0 Å². The van der Waals surface area contributed by atoms with Gasteiger partial charge in [-0.05, 0) is 62.2 Å². The molecule has 0 spiro atoms. The lowest BCUT2D eigenvalue weighted by molar-refractivity contribution is 0.103. The number of hydrogen-bond donors (Lipinski definition) is 1. The second-order valence-corrected chi connectivity index (χ2v) is 7.64. The molecule has 23 heavy (non-hydrogen) atoms. The number of ketones is 1. The predicted molar refractivity (Wildman–Crippen MR) is 100 cm³/mol. The summed E-state index contributed by atoms with van der Waals surface area (Å²) in [4.78, 5) is 13.0. The molecule has 1 N–H and O–H groups in total. The summed E-state index contributed by atoms with van der Waals surface area (Å²) < 4.78 is 7.65. The Labute approximate surface area is 158 Å². The van der Waals surface area contributed by atoms with Gasteiger partial charge in [0, 0.05) is 21.8 Å². The first-order chi connectivity index (χ1) is 10.9. The Balaban J connectivity index is 2.21. The van der Waals surface area contributed by atoms with E-state index in [1.165, 1.54) is 0 Å². The zero-order chi connectivity index (χ0) is 16.7. The van der Waals surface area contributed by atoms with E-state index in [4.69, 9.17) is 4.42 Å². The highest BCUT2D eigenvalue weighted by atomic mass is 79.9. The van der Waals surface area contributed by atoms with E-state index in [0.29, 0.717) is 37.8 Å². The topological polar surface area (TPSA) is 50.4 Å². The van der Waals surface area contributed by atoms with Crippen LogP contribution in [0.25, 0.3) is 11.0 Å². The van der Waals surface area contributed by atoms with Crippen molar-refractivity contribution in [1.29, 1.82) is 0 Å². The summed E-state index contributed by atoms with van der Waals surface area (Å²) >= 11 is 9.94. The fraction of sp³-hybridized carbons (Fsp3) is 0.118. The van der Waals surface area contributed by atoms with E-state index in [2.05, 4.69) is 47.8 Å². The molecule has 1 aromatic heterocycles. The Bertz CT molecular complexity index is 905. The molecule has 0 aliphatic rings. The third-order valence-corrected chi connectivity index (χ3v) is 5.25. The molecule has 0 unspecified atom stereocenters. The third-order valence-electron chi connectivity index (χ3n) is 3.55. The van der Waals surface area contributed by atoms with E-state index in [-0.39, 0.29) is 11.5 Å². The Morgan fingerprint density at radius 3 is 2.39 bits per heavy atom. The first kappa shape index (κ1) is 16.7. The second-order valence-electron chi connectivity index (χ2n) is 5.01. The molecular formula is C17H11Br3O3. The number of furan rings is 1. The van der Waals surface area contributed by atoms with Crippen LogP contribution >= 0.6 is 47.8 Å². The predicted octanol–water partition coefficient (Wildman–Crippen LogP) is 6.22. The highest BCUT2D eigenvalue weighted by molar-refractivity contribution is 9.11. The van der Waals surface area contributed by atoms with Crippen LogP contribution in [0, 0.1) is 0 Å². The number of halogens is 3. The van der Waals surface area contributed by atoms with Crippen molar-refractivity contribution in [2.24, 2.45) is 0 Å². The lowest BCUT2D eigenvalue weighted by atomic mass is 9.99. The van der Waals surface area contributed by atoms with Crippen LogP contribution in [0.2, 0.25) is 0 Å². The molecular weight excluding hydrogens is 492 g/mol. The maximum atomic E-state index is 13.0. The number of aryl methyl sites for hydroxylation is 1. The largest absolute Gasteiger partial charge is 0.506 e. The summed E-state index contributed by atoms with van der Waals surface area (Å²) in [5, 5.41) is 10.6. The van der Waals surface area contributed by atoms with Crippen molar-refractivity contribution in [3.8, 4) is 5.75 Å². The van der Waals surface area contributed by atoms with E-state index in [1.54, 1.807) is 12.1 Å². The summed E-state index contributed by atoms with van der Waals surface area (Å²) in [6.45, 7) is 1.95. The van der Waals surface area contributed by atoms with Crippen LogP contribution < -0.4 is 0 Å². The zero-order valence-corrected chi connectivity index (χ0v) is 16.7. The van der Waals surface area contributed by atoms with Gasteiger partial charge in [0.1, 0.15) is 17.1 Å². The van der Waals surface area contributed by atoms with E-state index in [0.717, 1.165) is 9.86 Å². The minimum absolute atomic E-state index is 0.0678.